The third-order valence-corrected chi connectivity index (χ3v) is 4.33. The standard InChI is InChI=1S/C15H19BrN4O2S/c1-9(2)7-12(17)14-19-20-15(22-14)23-8-13(21)18-11-5-3-10(16)4-6-11/h3-6,9,12H,7-8,17H2,1-2H3,(H,18,21)/p+1/t12-/m0/s1. The van der Waals surface area contributed by atoms with E-state index in [2.05, 4.69) is 51.0 Å². The smallest absolute Gasteiger partial charge is 0.277 e. The van der Waals surface area contributed by atoms with Crippen molar-refractivity contribution in [2.75, 3.05) is 11.1 Å². The number of nitrogens with zero attached hydrogens (tertiary/aromatic N) is 2. The van der Waals surface area contributed by atoms with Crippen LogP contribution in [-0.2, 0) is 4.79 Å². The Hall–Kier alpha value is -1.38. The molecule has 2 aromatic rings. The van der Waals surface area contributed by atoms with Crippen molar-refractivity contribution < 1.29 is 14.9 Å². The molecule has 0 saturated carbocycles. The van der Waals surface area contributed by atoms with Gasteiger partial charge >= 0.3 is 0 Å². The van der Waals surface area contributed by atoms with Gasteiger partial charge in [-0.05, 0) is 30.2 Å². The molecule has 8 heteroatoms. The fraction of sp³-hybridized carbons (Fsp3) is 0.400. The zero-order valence-corrected chi connectivity index (χ0v) is 15.5. The number of benzene rings is 1. The second-order valence-electron chi connectivity index (χ2n) is 5.58. The summed E-state index contributed by atoms with van der Waals surface area (Å²) in [7, 11) is 0. The van der Waals surface area contributed by atoms with E-state index in [0.717, 1.165) is 16.6 Å². The van der Waals surface area contributed by atoms with Gasteiger partial charge in [0, 0.05) is 16.6 Å². The first-order valence-corrected chi connectivity index (χ1v) is 9.06. The molecule has 2 rings (SSSR count). The summed E-state index contributed by atoms with van der Waals surface area (Å²) in [5.41, 5.74) is 4.78. The van der Waals surface area contributed by atoms with E-state index >= 15 is 0 Å². The molecule has 0 bridgehead atoms. The molecule has 1 aromatic carbocycles. The third kappa shape index (κ3) is 5.96. The van der Waals surface area contributed by atoms with Gasteiger partial charge in [0.05, 0.1) is 5.75 Å². The van der Waals surface area contributed by atoms with Crippen LogP contribution in [0.1, 0.15) is 32.2 Å². The quantitative estimate of drug-likeness (QED) is 0.697. The van der Waals surface area contributed by atoms with Gasteiger partial charge in [-0.3, -0.25) is 4.79 Å². The predicted molar refractivity (Wildman–Crippen MR) is 92.9 cm³/mol. The highest BCUT2D eigenvalue weighted by molar-refractivity contribution is 9.10. The molecule has 0 aliphatic heterocycles. The summed E-state index contributed by atoms with van der Waals surface area (Å²) < 4.78 is 6.52. The molecule has 0 spiro atoms. The number of hydrogen-bond donors (Lipinski definition) is 2. The van der Waals surface area contributed by atoms with Crippen LogP contribution in [-0.4, -0.2) is 21.9 Å². The highest BCUT2D eigenvalue weighted by atomic mass is 79.9. The minimum Gasteiger partial charge on any atom is -0.410 e. The summed E-state index contributed by atoms with van der Waals surface area (Å²) in [4.78, 5) is 11.9. The molecule has 0 radical (unpaired) electrons. The Morgan fingerprint density at radius 1 is 1.35 bits per heavy atom. The number of carbonyl (C=O) groups excluding carboxylic acids is 1. The lowest BCUT2D eigenvalue weighted by Crippen LogP contribution is -2.54. The number of carbonyl (C=O) groups is 1. The zero-order chi connectivity index (χ0) is 16.8. The fourth-order valence-corrected chi connectivity index (χ4v) is 2.81. The number of quaternary nitrogens is 1. The molecule has 1 atom stereocenters. The molecular weight excluding hydrogens is 380 g/mol. The second kappa shape index (κ2) is 8.47. The van der Waals surface area contributed by atoms with Crippen LogP contribution in [0.15, 0.2) is 38.4 Å². The average molecular weight is 400 g/mol. The molecule has 1 aromatic heterocycles. The van der Waals surface area contributed by atoms with Crippen molar-refractivity contribution in [1.29, 1.82) is 0 Å². The van der Waals surface area contributed by atoms with Crippen LogP contribution in [0.2, 0.25) is 0 Å². The summed E-state index contributed by atoms with van der Waals surface area (Å²) in [6, 6.07) is 7.38. The number of rotatable bonds is 7. The average Bonchev–Trinajstić information content (AvgIpc) is 2.96. The Morgan fingerprint density at radius 3 is 2.70 bits per heavy atom. The van der Waals surface area contributed by atoms with Crippen LogP contribution in [0, 0.1) is 5.92 Å². The van der Waals surface area contributed by atoms with Gasteiger partial charge in [-0.15, -0.1) is 10.2 Å². The number of anilines is 1. The topological polar surface area (TPSA) is 95.7 Å². The Labute approximate surface area is 147 Å². The summed E-state index contributed by atoms with van der Waals surface area (Å²) in [6.45, 7) is 4.24. The normalized spacial score (nSPS) is 12.4. The van der Waals surface area contributed by atoms with Crippen LogP contribution in [0.25, 0.3) is 0 Å². The van der Waals surface area contributed by atoms with Gasteiger partial charge in [-0.1, -0.05) is 41.5 Å². The van der Waals surface area contributed by atoms with E-state index in [4.69, 9.17) is 4.42 Å². The van der Waals surface area contributed by atoms with Crippen LogP contribution < -0.4 is 11.1 Å². The first-order valence-electron chi connectivity index (χ1n) is 7.28. The SMILES string of the molecule is CC(C)C[C@H]([NH3+])c1nnc(SCC(=O)Nc2ccc(Br)cc2)o1. The van der Waals surface area contributed by atoms with Crippen molar-refractivity contribution in [2.24, 2.45) is 5.92 Å². The van der Waals surface area contributed by atoms with Crippen molar-refractivity contribution in [3.8, 4) is 0 Å². The highest BCUT2D eigenvalue weighted by Crippen LogP contribution is 2.21. The fourth-order valence-electron chi connectivity index (χ4n) is 1.97. The van der Waals surface area contributed by atoms with E-state index in [1.807, 2.05) is 24.3 Å². The maximum absolute atomic E-state index is 11.9. The first kappa shape index (κ1) is 18.0. The van der Waals surface area contributed by atoms with Gasteiger partial charge in [-0.2, -0.15) is 0 Å². The number of hydrogen-bond acceptors (Lipinski definition) is 5. The van der Waals surface area contributed by atoms with Crippen molar-refractivity contribution >= 4 is 39.3 Å². The molecule has 0 unspecified atom stereocenters. The monoisotopic (exact) mass is 399 g/mol. The van der Waals surface area contributed by atoms with Crippen LogP contribution in [0.5, 0.6) is 0 Å². The number of aromatic nitrogens is 2. The van der Waals surface area contributed by atoms with Gasteiger partial charge in [0.15, 0.2) is 6.04 Å². The van der Waals surface area contributed by atoms with E-state index in [0.29, 0.717) is 17.0 Å². The molecule has 0 aliphatic carbocycles. The summed E-state index contributed by atoms with van der Waals surface area (Å²) in [5, 5.41) is 11.2. The Bertz CT molecular complexity index is 645. The van der Waals surface area contributed by atoms with Crippen molar-refractivity contribution in [3.63, 3.8) is 0 Å². The summed E-state index contributed by atoms with van der Waals surface area (Å²) in [5.74, 6) is 1.13. The van der Waals surface area contributed by atoms with Gasteiger partial charge in [0.1, 0.15) is 0 Å². The molecule has 4 N–H and O–H groups in total. The number of halogens is 1. The van der Waals surface area contributed by atoms with Gasteiger partial charge in [0.2, 0.25) is 5.91 Å². The van der Waals surface area contributed by atoms with Crippen molar-refractivity contribution in [2.45, 2.75) is 31.5 Å². The van der Waals surface area contributed by atoms with Gasteiger partial charge < -0.3 is 15.5 Å². The maximum atomic E-state index is 11.9. The number of thioether (sulfide) groups is 1. The molecule has 1 amide bonds. The van der Waals surface area contributed by atoms with Crippen LogP contribution in [0.4, 0.5) is 5.69 Å². The minimum atomic E-state index is -0.120. The summed E-state index contributed by atoms with van der Waals surface area (Å²) in [6.07, 6.45) is 0.885. The van der Waals surface area contributed by atoms with Gasteiger partial charge in [0.25, 0.3) is 11.1 Å². The maximum Gasteiger partial charge on any atom is 0.277 e. The lowest BCUT2D eigenvalue weighted by Gasteiger charge is -2.06. The van der Waals surface area contributed by atoms with Crippen LogP contribution in [0.3, 0.4) is 0 Å². The van der Waals surface area contributed by atoms with Crippen molar-refractivity contribution in [3.05, 3.63) is 34.6 Å². The predicted octanol–water partition coefficient (Wildman–Crippen LogP) is 2.89. The molecule has 1 heterocycles. The van der Waals surface area contributed by atoms with Crippen LogP contribution >= 0.6 is 27.7 Å². The minimum absolute atomic E-state index is 0.0200. The van der Waals surface area contributed by atoms with E-state index in [1.165, 1.54) is 11.8 Å². The Balaban J connectivity index is 1.82. The number of nitrogens with one attached hydrogen (secondary N) is 1. The highest BCUT2D eigenvalue weighted by Gasteiger charge is 2.19. The van der Waals surface area contributed by atoms with E-state index in [9.17, 15) is 4.79 Å². The van der Waals surface area contributed by atoms with E-state index in [-0.39, 0.29) is 17.7 Å². The molecule has 124 valence electrons. The molecule has 23 heavy (non-hydrogen) atoms. The molecule has 0 saturated heterocycles. The lowest BCUT2D eigenvalue weighted by molar-refractivity contribution is -0.435. The van der Waals surface area contributed by atoms with Crippen molar-refractivity contribution in [1.82, 2.24) is 10.2 Å². The third-order valence-electron chi connectivity index (χ3n) is 2.98. The Kier molecular flexibility index (Phi) is 6.61. The first-order chi connectivity index (χ1) is 10.9. The number of amides is 1. The largest absolute Gasteiger partial charge is 0.410 e. The van der Waals surface area contributed by atoms with E-state index in [1.54, 1.807) is 0 Å². The second-order valence-corrected chi connectivity index (χ2v) is 7.42. The molecule has 0 aliphatic rings. The van der Waals surface area contributed by atoms with E-state index < -0.39 is 0 Å². The zero-order valence-electron chi connectivity index (χ0n) is 13.1. The van der Waals surface area contributed by atoms with Gasteiger partial charge in [-0.25, -0.2) is 0 Å². The molecular formula is C15H20BrN4O2S+. The lowest BCUT2D eigenvalue weighted by atomic mass is 10.1. The molecule has 0 fully saturated rings. The molecule has 6 nitrogen and oxygen atoms in total. The Morgan fingerprint density at radius 2 is 2.04 bits per heavy atom. The summed E-state index contributed by atoms with van der Waals surface area (Å²) >= 11 is 4.57.